The predicted molar refractivity (Wildman–Crippen MR) is 52.0 cm³/mol. The maximum Gasteiger partial charge on any atom is 2.00 e. The second kappa shape index (κ2) is 11.3. The molecule has 0 fully saturated rings. The van der Waals surface area contributed by atoms with Gasteiger partial charge in [0.05, 0.1) is 12.8 Å². The molecule has 15 heavy (non-hydrogen) atoms. The smallest absolute Gasteiger partial charge is 0.300 e. The monoisotopic (exact) mass is 259 g/mol. The first-order valence-corrected chi connectivity index (χ1v) is 4.23. The molecule has 0 N–H and O–H groups in total. The number of carbonyl (C=O) groups is 4. The number of hydrogen-bond donors (Lipinski definition) is 0. The van der Waals surface area contributed by atoms with Crippen LogP contribution in [0.2, 0.25) is 0 Å². The number of rotatable bonds is 4. The van der Waals surface area contributed by atoms with Gasteiger partial charge < -0.3 is 0 Å². The van der Waals surface area contributed by atoms with E-state index in [4.69, 9.17) is 0 Å². The van der Waals surface area contributed by atoms with Crippen molar-refractivity contribution in [1.82, 2.24) is 0 Å². The molecule has 0 aliphatic rings. The molecular weight excluding hydrogens is 243 g/mol. The zero-order chi connectivity index (χ0) is 11.7. The van der Waals surface area contributed by atoms with Crippen LogP contribution in [0.25, 0.3) is 0 Å². The van der Waals surface area contributed by atoms with Gasteiger partial charge >= 0.3 is 16.8 Å². The molecule has 0 bridgehead atoms. The van der Waals surface area contributed by atoms with Crippen LogP contribution in [0, 0.1) is 0 Å². The molecule has 0 amide bonds. The molecule has 0 rings (SSSR count). The van der Waals surface area contributed by atoms with E-state index in [9.17, 15) is 19.2 Å². The van der Waals surface area contributed by atoms with E-state index in [0.717, 1.165) is 0 Å². The summed E-state index contributed by atoms with van der Waals surface area (Å²) in [5.41, 5.74) is 0. The van der Waals surface area contributed by atoms with E-state index in [1.54, 1.807) is 0 Å². The molecular formula is C10H16CoO4+2. The molecule has 0 aliphatic carbocycles. The van der Waals surface area contributed by atoms with Crippen molar-refractivity contribution in [2.75, 3.05) is 0 Å². The Kier molecular flexibility index (Phi) is 14.8. The molecule has 0 aromatic carbocycles. The quantitative estimate of drug-likeness (QED) is 0.709. The van der Waals surface area contributed by atoms with Crippen molar-refractivity contribution in [3.8, 4) is 0 Å². The van der Waals surface area contributed by atoms with E-state index < -0.39 is 0 Å². The largest absolute Gasteiger partial charge is 2.00 e. The number of hydrogen-bond acceptors (Lipinski definition) is 4. The SMILES string of the molecule is CC(=O)CC(C)=O.CC(=O)CC(C)=O.[Co+2]. The van der Waals surface area contributed by atoms with E-state index in [2.05, 4.69) is 0 Å². The average Bonchev–Trinajstić information content (AvgIpc) is 1.79. The van der Waals surface area contributed by atoms with Crippen molar-refractivity contribution in [3.63, 3.8) is 0 Å². The Labute approximate surface area is 100.0 Å². The van der Waals surface area contributed by atoms with Crippen LogP contribution in [0.1, 0.15) is 40.5 Å². The van der Waals surface area contributed by atoms with Crippen LogP contribution in [-0.2, 0) is 36.0 Å². The van der Waals surface area contributed by atoms with Gasteiger partial charge in [-0.1, -0.05) is 0 Å². The zero-order valence-electron chi connectivity index (χ0n) is 9.38. The van der Waals surface area contributed by atoms with Crippen LogP contribution in [-0.4, -0.2) is 23.1 Å². The minimum atomic E-state index is -0.0625. The minimum Gasteiger partial charge on any atom is -0.300 e. The van der Waals surface area contributed by atoms with Gasteiger partial charge in [0.1, 0.15) is 23.1 Å². The summed E-state index contributed by atoms with van der Waals surface area (Å²) < 4.78 is 0. The van der Waals surface area contributed by atoms with E-state index in [1.165, 1.54) is 27.7 Å². The van der Waals surface area contributed by atoms with Gasteiger partial charge in [0.2, 0.25) is 0 Å². The third kappa shape index (κ3) is 32.0. The second-order valence-corrected chi connectivity index (χ2v) is 3.16. The molecule has 0 saturated heterocycles. The fraction of sp³-hybridized carbons (Fsp3) is 0.600. The van der Waals surface area contributed by atoms with Crippen molar-refractivity contribution in [2.45, 2.75) is 40.5 Å². The Hall–Kier alpha value is -0.814. The summed E-state index contributed by atoms with van der Waals surface area (Å²) in [7, 11) is 0. The number of Topliss-reactive ketones (excluding diaryl/α,β-unsaturated/α-hetero) is 4. The first kappa shape index (κ1) is 19.7. The van der Waals surface area contributed by atoms with Crippen LogP contribution in [0.15, 0.2) is 0 Å². The zero-order valence-corrected chi connectivity index (χ0v) is 10.4. The van der Waals surface area contributed by atoms with Gasteiger partial charge in [-0.3, -0.25) is 19.2 Å². The Bertz CT molecular complexity index is 196. The van der Waals surface area contributed by atoms with Gasteiger partial charge in [-0.15, -0.1) is 0 Å². The average molecular weight is 259 g/mol. The molecule has 0 unspecified atom stereocenters. The molecule has 0 aliphatic heterocycles. The Balaban J connectivity index is -0.000000180. The van der Waals surface area contributed by atoms with Gasteiger partial charge in [0, 0.05) is 0 Å². The third-order valence-electron chi connectivity index (χ3n) is 0.996. The van der Waals surface area contributed by atoms with Crippen LogP contribution >= 0.6 is 0 Å². The van der Waals surface area contributed by atoms with Gasteiger partial charge in [-0.2, -0.15) is 0 Å². The molecule has 0 aromatic heterocycles. The van der Waals surface area contributed by atoms with Crippen molar-refractivity contribution in [2.24, 2.45) is 0 Å². The normalized spacial score (nSPS) is 7.73. The first-order chi connectivity index (χ1) is 6.25. The molecule has 0 aromatic rings. The van der Waals surface area contributed by atoms with Crippen molar-refractivity contribution < 1.29 is 36.0 Å². The van der Waals surface area contributed by atoms with Crippen molar-refractivity contribution in [3.05, 3.63) is 0 Å². The molecule has 87 valence electrons. The molecule has 0 saturated carbocycles. The second-order valence-electron chi connectivity index (χ2n) is 3.16. The summed E-state index contributed by atoms with van der Waals surface area (Å²) in [6.45, 7) is 5.62. The first-order valence-electron chi connectivity index (χ1n) is 4.23. The third-order valence-corrected chi connectivity index (χ3v) is 0.996. The summed E-state index contributed by atoms with van der Waals surface area (Å²) in [6.07, 6.45) is 0.167. The summed E-state index contributed by atoms with van der Waals surface area (Å²) in [4.78, 5) is 40.1. The minimum absolute atomic E-state index is 0. The Morgan fingerprint density at radius 3 is 0.733 bits per heavy atom. The van der Waals surface area contributed by atoms with Crippen LogP contribution in [0.3, 0.4) is 0 Å². The molecule has 0 atom stereocenters. The fourth-order valence-electron chi connectivity index (χ4n) is 0.701. The molecule has 4 nitrogen and oxygen atoms in total. The fourth-order valence-corrected chi connectivity index (χ4v) is 0.701. The van der Waals surface area contributed by atoms with Crippen molar-refractivity contribution >= 4 is 23.1 Å². The van der Waals surface area contributed by atoms with Crippen molar-refractivity contribution in [1.29, 1.82) is 0 Å². The van der Waals surface area contributed by atoms with Gasteiger partial charge in [-0.05, 0) is 27.7 Å². The van der Waals surface area contributed by atoms with Crippen LogP contribution in [0.5, 0.6) is 0 Å². The molecule has 5 heteroatoms. The molecule has 1 radical (unpaired) electrons. The Morgan fingerprint density at radius 2 is 0.733 bits per heavy atom. The van der Waals surface area contributed by atoms with Gasteiger partial charge in [-0.25, -0.2) is 0 Å². The van der Waals surface area contributed by atoms with Gasteiger partial charge in [0.15, 0.2) is 0 Å². The Morgan fingerprint density at radius 1 is 0.600 bits per heavy atom. The van der Waals surface area contributed by atoms with E-state index in [1.807, 2.05) is 0 Å². The van der Waals surface area contributed by atoms with E-state index in [0.29, 0.717) is 0 Å². The number of carbonyl (C=O) groups excluding carboxylic acids is 4. The topological polar surface area (TPSA) is 68.3 Å². The predicted octanol–water partition coefficient (Wildman–Crippen LogP) is 1.11. The van der Waals surface area contributed by atoms with Crippen LogP contribution in [0.4, 0.5) is 0 Å². The standard InChI is InChI=1S/2C5H8O2.Co/c2*1-4(6)3-5(2)7;/h2*3H2,1-2H3;/q;;+2. The van der Waals surface area contributed by atoms with Gasteiger partial charge in [0.25, 0.3) is 0 Å². The summed E-state index contributed by atoms with van der Waals surface area (Å²) in [5, 5.41) is 0. The summed E-state index contributed by atoms with van der Waals surface area (Å²) in [5.74, 6) is -0.250. The van der Waals surface area contributed by atoms with E-state index in [-0.39, 0.29) is 52.8 Å². The van der Waals surface area contributed by atoms with Crippen LogP contribution < -0.4 is 0 Å². The maximum atomic E-state index is 10.0. The molecule has 0 heterocycles. The number of ketones is 4. The van der Waals surface area contributed by atoms with E-state index >= 15 is 0 Å². The molecule has 0 spiro atoms. The summed E-state index contributed by atoms with van der Waals surface area (Å²) >= 11 is 0. The summed E-state index contributed by atoms with van der Waals surface area (Å²) in [6, 6.07) is 0. The maximum absolute atomic E-state index is 10.0.